The van der Waals surface area contributed by atoms with Crippen molar-refractivity contribution in [1.82, 2.24) is 4.31 Å². The number of amidine groups is 1. The molecule has 3 N–H and O–H groups in total. The third-order valence-corrected chi connectivity index (χ3v) is 4.83. The Morgan fingerprint density at radius 1 is 1.50 bits per heavy atom. The Hall–Kier alpha value is -1.71. The SMILES string of the molecule is NC(=NO)C1CN(S(=O)(=O)c2ccccc2F)CCO1. The van der Waals surface area contributed by atoms with Crippen molar-refractivity contribution in [2.45, 2.75) is 11.0 Å². The average molecular weight is 303 g/mol. The van der Waals surface area contributed by atoms with E-state index in [9.17, 15) is 12.8 Å². The molecule has 1 unspecified atom stereocenters. The van der Waals surface area contributed by atoms with Gasteiger partial charge < -0.3 is 15.7 Å². The van der Waals surface area contributed by atoms with Gasteiger partial charge in [0.25, 0.3) is 0 Å². The molecule has 0 spiro atoms. The molecular weight excluding hydrogens is 289 g/mol. The Morgan fingerprint density at radius 2 is 2.20 bits per heavy atom. The van der Waals surface area contributed by atoms with Gasteiger partial charge in [0.15, 0.2) is 5.84 Å². The predicted octanol–water partition coefficient (Wildman–Crippen LogP) is -0.0384. The van der Waals surface area contributed by atoms with E-state index in [4.69, 9.17) is 15.7 Å². The number of halogens is 1. The normalized spacial score (nSPS) is 21.9. The molecule has 9 heteroatoms. The van der Waals surface area contributed by atoms with Gasteiger partial charge in [0.1, 0.15) is 16.8 Å². The lowest BCUT2D eigenvalue weighted by molar-refractivity contribution is 0.0354. The number of nitrogens with zero attached hydrogens (tertiary/aromatic N) is 2. The van der Waals surface area contributed by atoms with Gasteiger partial charge in [-0.1, -0.05) is 17.3 Å². The Kier molecular flexibility index (Phi) is 4.21. The predicted molar refractivity (Wildman–Crippen MR) is 68.3 cm³/mol. The number of ether oxygens (including phenoxy) is 1. The highest BCUT2D eigenvalue weighted by molar-refractivity contribution is 7.89. The quantitative estimate of drug-likeness (QED) is 0.353. The van der Waals surface area contributed by atoms with E-state index >= 15 is 0 Å². The van der Waals surface area contributed by atoms with Crippen molar-refractivity contribution >= 4 is 15.9 Å². The Bertz CT molecular complexity index is 620. The molecule has 1 aromatic carbocycles. The van der Waals surface area contributed by atoms with Gasteiger partial charge in [0.05, 0.1) is 6.61 Å². The molecule has 20 heavy (non-hydrogen) atoms. The molecule has 2 rings (SSSR count). The van der Waals surface area contributed by atoms with E-state index in [1.54, 1.807) is 0 Å². The number of morpholine rings is 1. The van der Waals surface area contributed by atoms with Crippen molar-refractivity contribution < 1.29 is 22.8 Å². The molecule has 1 atom stereocenters. The highest BCUT2D eigenvalue weighted by atomic mass is 32.2. The first-order chi connectivity index (χ1) is 9.46. The van der Waals surface area contributed by atoms with Crippen molar-refractivity contribution in [3.05, 3.63) is 30.1 Å². The maximum Gasteiger partial charge on any atom is 0.246 e. The van der Waals surface area contributed by atoms with Crippen LogP contribution in [-0.2, 0) is 14.8 Å². The van der Waals surface area contributed by atoms with Gasteiger partial charge in [-0.2, -0.15) is 4.31 Å². The lowest BCUT2D eigenvalue weighted by Gasteiger charge is -2.31. The highest BCUT2D eigenvalue weighted by Gasteiger charge is 2.33. The lowest BCUT2D eigenvalue weighted by Crippen LogP contribution is -2.50. The molecule has 0 saturated carbocycles. The molecule has 1 heterocycles. The summed E-state index contributed by atoms with van der Waals surface area (Å²) in [5, 5.41) is 11.4. The highest BCUT2D eigenvalue weighted by Crippen LogP contribution is 2.21. The summed E-state index contributed by atoms with van der Waals surface area (Å²) in [5.74, 6) is -1.04. The van der Waals surface area contributed by atoms with Gasteiger partial charge in [-0.15, -0.1) is 0 Å². The summed E-state index contributed by atoms with van der Waals surface area (Å²) in [6.07, 6.45) is -0.852. The number of sulfonamides is 1. The van der Waals surface area contributed by atoms with Crippen LogP contribution in [0.15, 0.2) is 34.3 Å². The molecule has 1 fully saturated rings. The number of nitrogens with two attached hydrogens (primary N) is 1. The second-order valence-corrected chi connectivity index (χ2v) is 6.08. The van der Waals surface area contributed by atoms with E-state index in [1.807, 2.05) is 0 Å². The molecule has 1 aliphatic heterocycles. The van der Waals surface area contributed by atoms with Crippen molar-refractivity contribution in [2.75, 3.05) is 19.7 Å². The zero-order valence-electron chi connectivity index (χ0n) is 10.4. The minimum atomic E-state index is -3.98. The van der Waals surface area contributed by atoms with E-state index in [0.29, 0.717) is 0 Å². The Morgan fingerprint density at radius 3 is 2.85 bits per heavy atom. The van der Waals surface area contributed by atoms with Crippen LogP contribution in [-0.4, -0.2) is 49.6 Å². The van der Waals surface area contributed by atoms with Gasteiger partial charge in [-0.3, -0.25) is 0 Å². The second kappa shape index (κ2) is 5.73. The molecular formula is C11H14FN3O4S. The third kappa shape index (κ3) is 2.74. The lowest BCUT2D eigenvalue weighted by atomic mass is 10.3. The van der Waals surface area contributed by atoms with Crippen molar-refractivity contribution in [3.63, 3.8) is 0 Å². The van der Waals surface area contributed by atoms with Crippen LogP contribution in [0.1, 0.15) is 0 Å². The number of hydrogen-bond donors (Lipinski definition) is 2. The molecule has 1 aliphatic rings. The Labute approximate surface area is 115 Å². The van der Waals surface area contributed by atoms with Crippen LogP contribution in [0, 0.1) is 5.82 Å². The van der Waals surface area contributed by atoms with Crippen molar-refractivity contribution in [3.8, 4) is 0 Å². The number of hydrogen-bond acceptors (Lipinski definition) is 5. The van der Waals surface area contributed by atoms with Gasteiger partial charge in [-0.05, 0) is 12.1 Å². The summed E-state index contributed by atoms with van der Waals surface area (Å²) in [4.78, 5) is -0.403. The minimum Gasteiger partial charge on any atom is -0.409 e. The van der Waals surface area contributed by atoms with Crippen LogP contribution in [0.25, 0.3) is 0 Å². The molecule has 1 aromatic rings. The smallest absolute Gasteiger partial charge is 0.246 e. The first kappa shape index (κ1) is 14.7. The third-order valence-electron chi connectivity index (χ3n) is 2.93. The van der Waals surface area contributed by atoms with Crippen LogP contribution in [0.2, 0.25) is 0 Å². The summed E-state index contributed by atoms with van der Waals surface area (Å²) in [6, 6.07) is 5.12. The van der Waals surface area contributed by atoms with Crippen molar-refractivity contribution in [1.29, 1.82) is 0 Å². The molecule has 7 nitrogen and oxygen atoms in total. The van der Waals surface area contributed by atoms with Crippen LogP contribution in [0.4, 0.5) is 4.39 Å². The minimum absolute atomic E-state index is 0.0753. The largest absolute Gasteiger partial charge is 0.409 e. The van der Waals surface area contributed by atoms with E-state index in [2.05, 4.69) is 5.16 Å². The maximum atomic E-state index is 13.6. The summed E-state index contributed by atoms with van der Waals surface area (Å²) < 4.78 is 44.6. The fraction of sp³-hybridized carbons (Fsp3) is 0.364. The van der Waals surface area contributed by atoms with Gasteiger partial charge in [-0.25, -0.2) is 12.8 Å². The molecule has 0 bridgehead atoms. The van der Waals surface area contributed by atoms with Crippen molar-refractivity contribution in [2.24, 2.45) is 10.9 Å². The van der Waals surface area contributed by atoms with Crippen LogP contribution >= 0.6 is 0 Å². The molecule has 0 aliphatic carbocycles. The summed E-state index contributed by atoms with van der Waals surface area (Å²) in [6.45, 7) is 0.0208. The summed E-state index contributed by atoms with van der Waals surface area (Å²) in [5.41, 5.74) is 5.40. The number of benzene rings is 1. The van der Waals surface area contributed by atoms with Gasteiger partial charge >= 0.3 is 0 Å². The molecule has 0 amide bonds. The number of oxime groups is 1. The van der Waals surface area contributed by atoms with E-state index in [0.717, 1.165) is 10.4 Å². The zero-order chi connectivity index (χ0) is 14.8. The van der Waals surface area contributed by atoms with E-state index in [-0.39, 0.29) is 25.5 Å². The van der Waals surface area contributed by atoms with E-state index in [1.165, 1.54) is 18.2 Å². The Balaban J connectivity index is 2.29. The molecule has 0 radical (unpaired) electrons. The summed E-state index contributed by atoms with van der Waals surface area (Å²) >= 11 is 0. The zero-order valence-corrected chi connectivity index (χ0v) is 11.3. The average Bonchev–Trinajstić information content (AvgIpc) is 2.47. The monoisotopic (exact) mass is 303 g/mol. The van der Waals surface area contributed by atoms with Crippen LogP contribution in [0.5, 0.6) is 0 Å². The maximum absolute atomic E-state index is 13.6. The van der Waals surface area contributed by atoms with Crippen LogP contribution < -0.4 is 5.73 Å². The second-order valence-electron chi connectivity index (χ2n) is 4.18. The fourth-order valence-electron chi connectivity index (χ4n) is 1.88. The summed E-state index contributed by atoms with van der Waals surface area (Å²) in [7, 11) is -3.98. The number of rotatable bonds is 3. The first-order valence-electron chi connectivity index (χ1n) is 5.80. The van der Waals surface area contributed by atoms with Gasteiger partial charge in [0.2, 0.25) is 10.0 Å². The topological polar surface area (TPSA) is 105 Å². The molecule has 1 saturated heterocycles. The first-order valence-corrected chi connectivity index (χ1v) is 7.24. The standard InChI is InChI=1S/C11H14FN3O4S/c12-8-3-1-2-4-10(8)20(17,18)15-5-6-19-9(7-15)11(13)14-16/h1-4,9,16H,5-7H2,(H2,13,14). The molecule has 110 valence electrons. The fourth-order valence-corrected chi connectivity index (χ4v) is 3.37. The van der Waals surface area contributed by atoms with Crippen LogP contribution in [0.3, 0.4) is 0 Å². The van der Waals surface area contributed by atoms with Gasteiger partial charge in [0, 0.05) is 13.1 Å². The van der Waals surface area contributed by atoms with E-state index < -0.39 is 26.8 Å². The molecule has 0 aromatic heterocycles.